The van der Waals surface area contributed by atoms with Crippen molar-refractivity contribution in [3.8, 4) is 0 Å². The fourth-order valence-corrected chi connectivity index (χ4v) is 8.27. The van der Waals surface area contributed by atoms with Gasteiger partial charge in [0.05, 0.1) is 0 Å². The molecule has 2 aliphatic heterocycles. The number of para-hydroxylation sites is 2. The van der Waals surface area contributed by atoms with Crippen molar-refractivity contribution in [2.75, 3.05) is 47.9 Å². The maximum atomic E-state index is 12.7. The van der Waals surface area contributed by atoms with E-state index >= 15 is 0 Å². The number of carbonyl (C=O) groups excluding carboxylic acids is 3. The van der Waals surface area contributed by atoms with E-state index in [1.165, 1.54) is 43.4 Å². The van der Waals surface area contributed by atoms with E-state index in [2.05, 4.69) is 112 Å². The van der Waals surface area contributed by atoms with Gasteiger partial charge in [-0.05, 0) is 119 Å². The molecule has 2 heterocycles. The summed E-state index contributed by atoms with van der Waals surface area (Å²) in [4.78, 5) is 42.9. The van der Waals surface area contributed by atoms with Gasteiger partial charge in [0.15, 0.2) is 0 Å². The fraction of sp³-hybridized carbons (Fsp3) is 0.449. The Balaban J connectivity index is 0.000000474. The largest absolute Gasteiger partial charge is 1.00 e. The quantitative estimate of drug-likeness (QED) is 0.0605. The van der Waals surface area contributed by atoms with Crippen molar-refractivity contribution >= 4 is 97.0 Å². The molecule has 4 aromatic carbocycles. The van der Waals surface area contributed by atoms with E-state index in [-0.39, 0.29) is 133 Å². The van der Waals surface area contributed by atoms with Gasteiger partial charge in [-0.15, -0.1) is 0 Å². The summed E-state index contributed by atoms with van der Waals surface area (Å²) >= 11 is 3.39. The van der Waals surface area contributed by atoms with E-state index < -0.39 is 0 Å². The second kappa shape index (κ2) is 35.2. The first-order valence-electron chi connectivity index (χ1n) is 21.3. The number of benzene rings is 4. The van der Waals surface area contributed by atoms with E-state index in [1.54, 1.807) is 0 Å². The molecule has 61 heavy (non-hydrogen) atoms. The number of anilines is 2. The Bertz CT molecular complexity index is 1710. The van der Waals surface area contributed by atoms with Gasteiger partial charge >= 0.3 is 51.4 Å². The summed E-state index contributed by atoms with van der Waals surface area (Å²) in [6, 6.07) is 41.9. The zero-order valence-corrected chi connectivity index (χ0v) is 45.4. The van der Waals surface area contributed by atoms with Gasteiger partial charge in [-0.3, -0.25) is 14.4 Å². The SMILES string of the molecule is BrCCc1ccccc1.CCC(=O)N(c1ccccc1)[C@@H](C)[C@@H]1CCCN(CCc2ccccc2)C1.CCC(=O)N(c1ccccc1)[C@@H](C)[C@@H]1CCCNC1.O=CO[O-].[K+].[K]. The molecule has 321 valence electrons. The Hall–Kier alpha value is -1.08. The number of amides is 2. The van der Waals surface area contributed by atoms with Gasteiger partial charge in [0, 0.05) is 106 Å². The van der Waals surface area contributed by atoms with Crippen LogP contribution in [-0.4, -0.2) is 125 Å². The molecule has 0 bridgehead atoms. The van der Waals surface area contributed by atoms with Crippen LogP contribution in [0.3, 0.4) is 0 Å². The molecule has 0 aliphatic carbocycles. The van der Waals surface area contributed by atoms with Gasteiger partial charge < -0.3 is 30.2 Å². The number of hydrogen-bond donors (Lipinski definition) is 1. The Morgan fingerprint density at radius 3 is 1.59 bits per heavy atom. The van der Waals surface area contributed by atoms with Crippen LogP contribution in [0.25, 0.3) is 0 Å². The summed E-state index contributed by atoms with van der Waals surface area (Å²) in [6.07, 6.45) is 8.14. The molecular weight excluding hydrogens is 883 g/mol. The van der Waals surface area contributed by atoms with E-state index in [0.717, 1.165) is 55.7 Å². The number of nitrogens with one attached hydrogen (secondary N) is 1. The van der Waals surface area contributed by atoms with Crippen LogP contribution in [0, 0.1) is 11.8 Å². The number of aryl methyl sites for hydroxylation is 1. The summed E-state index contributed by atoms with van der Waals surface area (Å²) < 4.78 is 0. The molecular formula is C49H66BrK2N4O5. The van der Waals surface area contributed by atoms with Crippen molar-refractivity contribution in [3.05, 3.63) is 132 Å². The van der Waals surface area contributed by atoms with Crippen molar-refractivity contribution in [1.82, 2.24) is 10.2 Å². The number of likely N-dealkylation sites (tertiary alicyclic amines) is 1. The molecule has 0 spiro atoms. The minimum atomic E-state index is -0.181. The van der Waals surface area contributed by atoms with Crippen molar-refractivity contribution in [2.45, 2.75) is 91.1 Å². The molecule has 2 amide bonds. The molecule has 0 unspecified atom stereocenters. The average molecular weight is 949 g/mol. The Labute approximate surface area is 460 Å². The Morgan fingerprint density at radius 2 is 1.18 bits per heavy atom. The number of carbonyl (C=O) groups is 3. The van der Waals surface area contributed by atoms with Crippen LogP contribution in [0.15, 0.2) is 121 Å². The smallest absolute Gasteiger partial charge is 0.662 e. The van der Waals surface area contributed by atoms with Crippen LogP contribution in [-0.2, 0) is 32.1 Å². The molecule has 12 heteroatoms. The van der Waals surface area contributed by atoms with Crippen LogP contribution in [0.4, 0.5) is 11.4 Å². The van der Waals surface area contributed by atoms with Gasteiger partial charge in [0.2, 0.25) is 11.8 Å². The summed E-state index contributed by atoms with van der Waals surface area (Å²) in [5.41, 5.74) is 4.85. The number of piperidine rings is 2. The predicted octanol–water partition coefficient (Wildman–Crippen LogP) is 5.27. The number of hydrogen-bond acceptors (Lipinski definition) is 7. The summed E-state index contributed by atoms with van der Waals surface area (Å²) in [5.74, 6) is 1.49. The number of rotatable bonds is 14. The normalized spacial score (nSPS) is 16.6. The van der Waals surface area contributed by atoms with Gasteiger partial charge in [0.25, 0.3) is 6.47 Å². The van der Waals surface area contributed by atoms with E-state index in [9.17, 15) is 9.59 Å². The number of halogens is 1. The van der Waals surface area contributed by atoms with Crippen molar-refractivity contribution < 1.29 is 75.9 Å². The number of alkyl halides is 1. The molecule has 0 saturated carbocycles. The molecule has 0 aromatic heterocycles. The minimum absolute atomic E-state index is 0. The van der Waals surface area contributed by atoms with Gasteiger partial charge in [-0.25, -0.2) is 0 Å². The molecule has 2 saturated heterocycles. The summed E-state index contributed by atoms with van der Waals surface area (Å²) in [7, 11) is 0. The third-order valence-electron chi connectivity index (χ3n) is 11.1. The molecule has 6 rings (SSSR count). The van der Waals surface area contributed by atoms with Gasteiger partial charge in [-0.2, -0.15) is 0 Å². The standard InChI is InChI=1S/C24H32N2O.C16H24N2O.C8H9Br.CH2O3.2K/c1-3-24(27)26(23-14-8-5-9-15-23)20(2)22-13-10-17-25(19-22)18-16-21-11-6-4-7-12-21;1-3-16(19)18(15-9-5-4-6-10-15)13(2)14-8-7-11-17-12-14;9-7-6-8-4-2-1-3-5-8;2-1-4-3;;/h4-9,11-12,14-15,20,22H,3,10,13,16-19H2,1-2H3;4-6,9-10,13-14,17H,3,7-8,11-12H2,1-2H3;1-5H,6-7H2;1,3H;;/q;;;;;+1/p-1/t20-,22+;13-,14+;;;;/m00..../s1. The maximum Gasteiger partial charge on any atom is 1.00 e. The first-order valence-corrected chi connectivity index (χ1v) is 22.4. The third-order valence-corrected chi connectivity index (χ3v) is 11.5. The Morgan fingerprint density at radius 1 is 0.754 bits per heavy atom. The molecule has 2 fully saturated rings. The van der Waals surface area contributed by atoms with E-state index in [0.29, 0.717) is 24.7 Å². The molecule has 9 nitrogen and oxygen atoms in total. The first-order chi connectivity index (χ1) is 28.8. The van der Waals surface area contributed by atoms with Gasteiger partial charge in [-0.1, -0.05) is 127 Å². The monoisotopic (exact) mass is 947 g/mol. The summed E-state index contributed by atoms with van der Waals surface area (Å²) in [6.45, 7) is 13.6. The second-order valence-corrected chi connectivity index (χ2v) is 15.8. The van der Waals surface area contributed by atoms with Crippen LogP contribution in [0.1, 0.15) is 77.3 Å². The van der Waals surface area contributed by atoms with Crippen molar-refractivity contribution in [2.24, 2.45) is 11.8 Å². The zero-order chi connectivity index (χ0) is 42.7. The topological polar surface area (TPSA) is 105 Å². The van der Waals surface area contributed by atoms with E-state index in [1.807, 2.05) is 78.2 Å². The second-order valence-electron chi connectivity index (χ2n) is 15.0. The number of nitrogens with zero attached hydrogens (tertiary/aromatic N) is 3. The van der Waals surface area contributed by atoms with Crippen LogP contribution >= 0.6 is 15.9 Å². The minimum Gasteiger partial charge on any atom is -0.662 e. The maximum absolute atomic E-state index is 12.7. The van der Waals surface area contributed by atoms with Crippen molar-refractivity contribution in [3.63, 3.8) is 0 Å². The van der Waals surface area contributed by atoms with Crippen molar-refractivity contribution in [1.29, 1.82) is 0 Å². The molecule has 1 N–H and O–H groups in total. The molecule has 4 aromatic rings. The Kier molecular flexibility index (Phi) is 33.5. The van der Waals surface area contributed by atoms with Crippen LogP contribution in [0.5, 0.6) is 0 Å². The average Bonchev–Trinajstić information content (AvgIpc) is 3.30. The van der Waals surface area contributed by atoms with Gasteiger partial charge in [0.1, 0.15) is 0 Å². The first kappa shape index (κ1) is 57.9. The zero-order valence-electron chi connectivity index (χ0n) is 37.6. The van der Waals surface area contributed by atoms with Crippen LogP contribution in [0.2, 0.25) is 0 Å². The molecule has 4 atom stereocenters. The third kappa shape index (κ3) is 21.6. The molecule has 1 radical (unpaired) electrons. The van der Waals surface area contributed by atoms with E-state index in [4.69, 9.17) is 10.1 Å². The van der Waals surface area contributed by atoms with Crippen LogP contribution < -0.4 is 71.8 Å². The fourth-order valence-electron chi connectivity index (χ4n) is 7.82. The predicted molar refractivity (Wildman–Crippen MR) is 249 cm³/mol. The summed E-state index contributed by atoms with van der Waals surface area (Å²) in [5, 5.41) is 12.9. The molecule has 2 aliphatic rings.